The first-order valence-electron chi connectivity index (χ1n) is 7.76. The first kappa shape index (κ1) is 16.0. The minimum Gasteiger partial charge on any atom is -0.478 e. The van der Waals surface area contributed by atoms with Gasteiger partial charge in [-0.05, 0) is 43.9 Å². The number of nitrogens with one attached hydrogen (secondary N) is 1. The van der Waals surface area contributed by atoms with Gasteiger partial charge in [0.2, 0.25) is 0 Å². The SMILES string of the molecule is Cc1c(C(=O)O)cccc1C(=O)NCC12CC(CO)(CCO1)C2. The number of benzene rings is 1. The summed E-state index contributed by atoms with van der Waals surface area (Å²) in [4.78, 5) is 23.5. The Morgan fingerprint density at radius 1 is 1.30 bits per heavy atom. The number of hydrogen-bond acceptors (Lipinski definition) is 4. The van der Waals surface area contributed by atoms with E-state index in [4.69, 9.17) is 9.84 Å². The number of aromatic carboxylic acids is 1. The number of carboxylic acids is 1. The lowest BCUT2D eigenvalue weighted by molar-refractivity contribution is -0.232. The van der Waals surface area contributed by atoms with Crippen LogP contribution in [-0.4, -0.2) is 47.4 Å². The van der Waals surface area contributed by atoms with Gasteiger partial charge in [-0.25, -0.2) is 4.79 Å². The van der Waals surface area contributed by atoms with E-state index in [0.29, 0.717) is 24.3 Å². The normalized spacial score (nSPS) is 28.8. The average molecular weight is 319 g/mol. The van der Waals surface area contributed by atoms with Crippen molar-refractivity contribution in [2.75, 3.05) is 19.8 Å². The van der Waals surface area contributed by atoms with E-state index in [9.17, 15) is 14.7 Å². The summed E-state index contributed by atoms with van der Waals surface area (Å²) in [6.45, 7) is 2.77. The van der Waals surface area contributed by atoms with Crippen molar-refractivity contribution in [1.29, 1.82) is 0 Å². The maximum Gasteiger partial charge on any atom is 0.335 e. The highest BCUT2D eigenvalue weighted by atomic mass is 16.5. The Hall–Kier alpha value is -1.92. The third-order valence-corrected chi connectivity index (χ3v) is 5.15. The third-order valence-electron chi connectivity index (χ3n) is 5.15. The summed E-state index contributed by atoms with van der Waals surface area (Å²) in [7, 11) is 0. The lowest BCUT2D eigenvalue weighted by atomic mass is 9.56. The van der Waals surface area contributed by atoms with E-state index in [1.54, 1.807) is 19.1 Å². The van der Waals surface area contributed by atoms with Crippen molar-refractivity contribution in [3.8, 4) is 0 Å². The second kappa shape index (κ2) is 5.62. The highest BCUT2D eigenvalue weighted by Crippen LogP contribution is 2.55. The second-order valence-electron chi connectivity index (χ2n) is 6.76. The Balaban J connectivity index is 1.67. The van der Waals surface area contributed by atoms with Crippen LogP contribution in [0.2, 0.25) is 0 Å². The summed E-state index contributed by atoms with van der Waals surface area (Å²) >= 11 is 0. The number of aliphatic hydroxyl groups is 1. The standard InChI is InChI=1S/C17H21NO5/c1-11-12(3-2-4-13(11)15(21)22)14(20)18-9-17-7-16(8-17,10-19)5-6-23-17/h2-4,19H,5-10H2,1H3,(H,18,20)(H,21,22). The van der Waals surface area contributed by atoms with Crippen molar-refractivity contribution in [2.24, 2.45) is 5.41 Å². The first-order valence-corrected chi connectivity index (χ1v) is 7.76. The Morgan fingerprint density at radius 2 is 2.00 bits per heavy atom. The van der Waals surface area contributed by atoms with Crippen LogP contribution < -0.4 is 5.32 Å². The minimum atomic E-state index is -1.04. The van der Waals surface area contributed by atoms with E-state index in [0.717, 1.165) is 19.3 Å². The van der Waals surface area contributed by atoms with Crippen LogP contribution in [0.15, 0.2) is 18.2 Å². The van der Waals surface area contributed by atoms with Crippen LogP contribution in [0.3, 0.4) is 0 Å². The molecule has 3 N–H and O–H groups in total. The topological polar surface area (TPSA) is 95.9 Å². The Kier molecular flexibility index (Phi) is 3.90. The molecule has 2 bridgehead atoms. The number of rotatable bonds is 5. The summed E-state index contributed by atoms with van der Waals surface area (Å²) in [5, 5.41) is 21.5. The fourth-order valence-electron chi connectivity index (χ4n) is 3.89. The van der Waals surface area contributed by atoms with E-state index in [1.165, 1.54) is 6.07 Å². The van der Waals surface area contributed by atoms with Gasteiger partial charge in [0.05, 0.1) is 11.2 Å². The molecule has 0 spiro atoms. The van der Waals surface area contributed by atoms with Gasteiger partial charge in [0.25, 0.3) is 5.91 Å². The average Bonchev–Trinajstić information content (AvgIpc) is 2.52. The molecule has 0 aromatic heterocycles. The summed E-state index contributed by atoms with van der Waals surface area (Å²) in [5.41, 5.74) is 0.535. The van der Waals surface area contributed by atoms with Gasteiger partial charge in [-0.3, -0.25) is 4.79 Å². The molecule has 2 heterocycles. The lowest BCUT2D eigenvalue weighted by Crippen LogP contribution is -2.64. The van der Waals surface area contributed by atoms with Gasteiger partial charge in [0.1, 0.15) is 0 Å². The number of carboxylic acid groups (broad SMARTS) is 1. The van der Waals surface area contributed by atoms with Crippen LogP contribution in [0, 0.1) is 12.3 Å². The molecule has 2 aliphatic heterocycles. The number of hydrogen-bond donors (Lipinski definition) is 3. The van der Waals surface area contributed by atoms with Crippen LogP contribution in [0.5, 0.6) is 0 Å². The van der Waals surface area contributed by atoms with E-state index in [-0.39, 0.29) is 29.1 Å². The van der Waals surface area contributed by atoms with Gasteiger partial charge in [0, 0.05) is 30.7 Å². The fourth-order valence-corrected chi connectivity index (χ4v) is 3.89. The van der Waals surface area contributed by atoms with Crippen molar-refractivity contribution in [3.63, 3.8) is 0 Å². The highest BCUT2D eigenvalue weighted by molar-refractivity contribution is 5.99. The molecule has 0 radical (unpaired) electrons. The molecule has 1 aromatic carbocycles. The van der Waals surface area contributed by atoms with Gasteiger partial charge in [-0.1, -0.05) is 6.07 Å². The lowest BCUT2D eigenvalue weighted by Gasteiger charge is -2.59. The minimum absolute atomic E-state index is 0.0396. The quantitative estimate of drug-likeness (QED) is 0.761. The molecule has 0 atom stereocenters. The van der Waals surface area contributed by atoms with Crippen LogP contribution in [-0.2, 0) is 4.74 Å². The van der Waals surface area contributed by atoms with Crippen molar-refractivity contribution in [3.05, 3.63) is 34.9 Å². The molecule has 6 heteroatoms. The predicted octanol–water partition coefficient (Wildman–Crippen LogP) is 1.35. The van der Waals surface area contributed by atoms with Gasteiger partial charge in [-0.15, -0.1) is 0 Å². The van der Waals surface area contributed by atoms with Crippen LogP contribution >= 0.6 is 0 Å². The number of fused-ring (bicyclic) bond motifs is 2. The smallest absolute Gasteiger partial charge is 0.335 e. The fraction of sp³-hybridized carbons (Fsp3) is 0.529. The van der Waals surface area contributed by atoms with Crippen molar-refractivity contribution in [1.82, 2.24) is 5.32 Å². The van der Waals surface area contributed by atoms with Crippen molar-refractivity contribution in [2.45, 2.75) is 31.8 Å². The molecule has 3 aliphatic rings. The molecular formula is C17H21NO5. The van der Waals surface area contributed by atoms with Gasteiger partial charge >= 0.3 is 5.97 Å². The van der Waals surface area contributed by atoms with Crippen LogP contribution in [0.1, 0.15) is 45.5 Å². The maximum absolute atomic E-state index is 12.4. The molecule has 3 fully saturated rings. The highest BCUT2D eigenvalue weighted by Gasteiger charge is 2.58. The molecule has 1 aliphatic carbocycles. The number of carbonyl (C=O) groups is 2. The van der Waals surface area contributed by atoms with E-state index < -0.39 is 5.97 Å². The molecule has 1 saturated carbocycles. The molecule has 6 nitrogen and oxygen atoms in total. The van der Waals surface area contributed by atoms with Crippen molar-refractivity contribution >= 4 is 11.9 Å². The van der Waals surface area contributed by atoms with E-state index in [1.807, 2.05) is 0 Å². The second-order valence-corrected chi connectivity index (χ2v) is 6.76. The zero-order chi connectivity index (χ0) is 16.7. The zero-order valence-corrected chi connectivity index (χ0v) is 13.1. The van der Waals surface area contributed by atoms with Crippen LogP contribution in [0.4, 0.5) is 0 Å². The third kappa shape index (κ3) is 2.72. The molecule has 124 valence electrons. The molecule has 1 aromatic rings. The van der Waals surface area contributed by atoms with Gasteiger partial charge in [-0.2, -0.15) is 0 Å². The monoisotopic (exact) mass is 319 g/mol. The molecule has 4 rings (SSSR count). The summed E-state index contributed by atoms with van der Waals surface area (Å²) in [6, 6.07) is 4.68. The zero-order valence-electron chi connectivity index (χ0n) is 13.1. The first-order chi connectivity index (χ1) is 10.9. The summed E-state index contributed by atoms with van der Waals surface area (Å²) < 4.78 is 5.82. The Labute approximate surface area is 134 Å². The van der Waals surface area contributed by atoms with Gasteiger partial charge in [0.15, 0.2) is 0 Å². The van der Waals surface area contributed by atoms with Gasteiger partial charge < -0.3 is 20.3 Å². The number of carbonyl (C=O) groups excluding carboxylic acids is 1. The number of ether oxygens (including phenoxy) is 1. The van der Waals surface area contributed by atoms with E-state index in [2.05, 4.69) is 5.32 Å². The predicted molar refractivity (Wildman–Crippen MR) is 82.5 cm³/mol. The summed E-state index contributed by atoms with van der Waals surface area (Å²) in [6.07, 6.45) is 2.37. The van der Waals surface area contributed by atoms with Crippen molar-refractivity contribution < 1.29 is 24.5 Å². The number of aliphatic hydroxyl groups excluding tert-OH is 1. The van der Waals surface area contributed by atoms with E-state index >= 15 is 0 Å². The molecule has 2 saturated heterocycles. The van der Waals surface area contributed by atoms with Crippen LogP contribution in [0.25, 0.3) is 0 Å². The largest absolute Gasteiger partial charge is 0.478 e. The molecule has 0 unspecified atom stereocenters. The maximum atomic E-state index is 12.4. The molecule has 1 amide bonds. The molecular weight excluding hydrogens is 298 g/mol. The number of amides is 1. The molecule has 23 heavy (non-hydrogen) atoms. The Morgan fingerprint density at radius 3 is 2.65 bits per heavy atom. The summed E-state index contributed by atoms with van der Waals surface area (Å²) in [5.74, 6) is -1.34. The Bertz CT molecular complexity index is 648.